The van der Waals surface area contributed by atoms with Crippen LogP contribution >= 0.6 is 7.82 Å². The smallest absolute Gasteiger partial charge is 0.462 e. The molecular weight excluding hydrogens is 1100 g/mol. The van der Waals surface area contributed by atoms with Crippen LogP contribution in [0.5, 0.6) is 0 Å². The number of hydrogen-bond acceptors (Lipinski definition) is 8. The Labute approximate surface area is 539 Å². The van der Waals surface area contributed by atoms with Crippen molar-refractivity contribution in [2.75, 3.05) is 26.4 Å². The third kappa shape index (κ3) is 72.4. The normalized spacial score (nSPS) is 13.3. The van der Waals surface area contributed by atoms with E-state index in [1.54, 1.807) is 0 Å². The average molecular weight is 1240 g/mol. The second-order valence-electron chi connectivity index (χ2n) is 25.1. The number of phosphoric acid groups is 1. The lowest BCUT2D eigenvalue weighted by Gasteiger charge is -2.19. The van der Waals surface area contributed by atoms with Crippen LogP contribution in [-0.4, -0.2) is 49.3 Å². The molecule has 0 bridgehead atoms. The summed E-state index contributed by atoms with van der Waals surface area (Å²) < 4.78 is 33.2. The molecule has 9 nitrogen and oxygen atoms in total. The molecule has 0 aliphatic heterocycles. The van der Waals surface area contributed by atoms with Gasteiger partial charge >= 0.3 is 19.8 Å². The van der Waals surface area contributed by atoms with Gasteiger partial charge in [0.1, 0.15) is 6.61 Å². The number of carbonyl (C=O) groups excluding carboxylic acids is 2. The van der Waals surface area contributed by atoms with Crippen molar-refractivity contribution in [3.63, 3.8) is 0 Å². The van der Waals surface area contributed by atoms with E-state index in [1.165, 1.54) is 257 Å². The van der Waals surface area contributed by atoms with Crippen LogP contribution in [0, 0.1) is 0 Å². The van der Waals surface area contributed by atoms with E-state index in [9.17, 15) is 19.0 Å². The van der Waals surface area contributed by atoms with Crippen molar-refractivity contribution < 1.29 is 37.6 Å². The molecule has 0 amide bonds. The number of hydrogen-bond donors (Lipinski definition) is 2. The molecule has 3 N–H and O–H groups in total. The lowest BCUT2D eigenvalue weighted by Crippen LogP contribution is -2.29. The fourth-order valence-corrected chi connectivity index (χ4v) is 11.9. The van der Waals surface area contributed by atoms with Gasteiger partial charge in [0.25, 0.3) is 0 Å². The lowest BCUT2D eigenvalue weighted by molar-refractivity contribution is -0.161. The lowest BCUT2D eigenvalue weighted by atomic mass is 10.0. The number of nitrogens with two attached hydrogens (primary N) is 1. The summed E-state index contributed by atoms with van der Waals surface area (Å²) in [5.41, 5.74) is 5.41. The van der Waals surface area contributed by atoms with Crippen LogP contribution in [0.1, 0.15) is 373 Å². The highest BCUT2D eigenvalue weighted by Crippen LogP contribution is 2.43. The third-order valence-corrected chi connectivity index (χ3v) is 17.6. The van der Waals surface area contributed by atoms with Gasteiger partial charge in [0, 0.05) is 19.4 Å². The number of allylic oxidation sites excluding steroid dienone is 12. The quantitative estimate of drug-likeness (QED) is 0.0264. The van der Waals surface area contributed by atoms with E-state index in [4.69, 9.17) is 24.3 Å². The third-order valence-electron chi connectivity index (χ3n) is 16.6. The van der Waals surface area contributed by atoms with Crippen LogP contribution in [0.4, 0.5) is 0 Å². The van der Waals surface area contributed by atoms with Crippen LogP contribution in [0.3, 0.4) is 0 Å². The summed E-state index contributed by atoms with van der Waals surface area (Å²) in [6, 6.07) is 0. The standard InChI is InChI=1S/C77H142NO8P/c1-3-5-7-9-11-13-15-17-19-21-23-25-27-29-31-33-34-35-36-37-38-39-40-42-43-45-47-49-51-53-55-57-59-61-63-65-67-69-76(79)83-73-75(74-85-87(81,82)84-72-71-78)86-77(80)70-68-66-64-62-60-58-56-54-52-50-48-46-44-41-32-30-28-26-24-22-20-18-16-14-12-10-8-6-4-2/h6,8,12,14,18,20,24,26,30,32,44,46,75H,3-5,7,9-11,13,15-17,19,21-23,25,27-29,31,33-43,45,47-74,78H2,1-2H3,(H,81,82)/b8-6-,14-12-,20-18-,26-24-,32-30-,46-44-. The highest BCUT2D eigenvalue weighted by atomic mass is 31.2. The Morgan fingerprint density at radius 3 is 0.943 bits per heavy atom. The molecule has 0 saturated heterocycles. The topological polar surface area (TPSA) is 134 Å². The Morgan fingerprint density at radius 2 is 0.632 bits per heavy atom. The maximum Gasteiger partial charge on any atom is 0.472 e. The molecule has 0 aromatic carbocycles. The minimum absolute atomic E-state index is 0.0516. The van der Waals surface area contributed by atoms with Crippen LogP contribution in [0.25, 0.3) is 0 Å². The van der Waals surface area contributed by atoms with Gasteiger partial charge in [0.15, 0.2) is 6.10 Å². The zero-order valence-electron chi connectivity index (χ0n) is 57.3. The number of rotatable bonds is 71. The maximum atomic E-state index is 12.8. The van der Waals surface area contributed by atoms with Crippen LogP contribution in [-0.2, 0) is 32.7 Å². The van der Waals surface area contributed by atoms with Crippen molar-refractivity contribution in [1.82, 2.24) is 0 Å². The van der Waals surface area contributed by atoms with Gasteiger partial charge in [-0.2, -0.15) is 0 Å². The number of esters is 2. The van der Waals surface area contributed by atoms with Crippen LogP contribution < -0.4 is 5.73 Å². The van der Waals surface area contributed by atoms with E-state index in [1.807, 2.05) is 0 Å². The fourth-order valence-electron chi connectivity index (χ4n) is 11.1. The predicted octanol–water partition coefficient (Wildman–Crippen LogP) is 24.8. The Morgan fingerprint density at radius 1 is 0.356 bits per heavy atom. The second-order valence-corrected chi connectivity index (χ2v) is 26.6. The van der Waals surface area contributed by atoms with Crippen molar-refractivity contribution in [2.24, 2.45) is 5.73 Å². The molecule has 0 aliphatic carbocycles. The van der Waals surface area contributed by atoms with E-state index in [2.05, 4.69) is 86.8 Å². The molecule has 0 spiro atoms. The minimum Gasteiger partial charge on any atom is -0.462 e. The Kier molecular flexibility index (Phi) is 70.4. The SMILES string of the molecule is CC/C=C\C/C=C\C/C=C\C/C=C\C/C=C\C/C=C\CCCCCCCCCCCCC(=O)OC(COC(=O)CCCCCCCCCCCCCCCCCCCCCCCCCCCCCCCCCCCCCCC)COP(=O)(O)OCCN. The number of unbranched alkanes of at least 4 members (excludes halogenated alkanes) is 46. The largest absolute Gasteiger partial charge is 0.472 e. The summed E-state index contributed by atoms with van der Waals surface area (Å²) in [7, 11) is -4.40. The predicted molar refractivity (Wildman–Crippen MR) is 376 cm³/mol. The van der Waals surface area contributed by atoms with E-state index in [0.29, 0.717) is 6.42 Å². The monoisotopic (exact) mass is 1240 g/mol. The first-order valence-electron chi connectivity index (χ1n) is 37.4. The molecule has 0 saturated carbocycles. The molecule has 0 heterocycles. The summed E-state index contributed by atoms with van der Waals surface area (Å²) in [6.45, 7) is 3.68. The molecule has 10 heteroatoms. The first kappa shape index (κ1) is 84.5. The number of carbonyl (C=O) groups is 2. The molecule has 87 heavy (non-hydrogen) atoms. The molecule has 0 rings (SSSR count). The van der Waals surface area contributed by atoms with Gasteiger partial charge in [0.05, 0.1) is 13.2 Å². The first-order valence-corrected chi connectivity index (χ1v) is 38.9. The van der Waals surface area contributed by atoms with E-state index >= 15 is 0 Å². The molecule has 0 radical (unpaired) electrons. The number of ether oxygens (including phenoxy) is 2. The van der Waals surface area contributed by atoms with E-state index in [0.717, 1.165) is 83.5 Å². The van der Waals surface area contributed by atoms with Crippen molar-refractivity contribution in [1.29, 1.82) is 0 Å². The van der Waals surface area contributed by atoms with Gasteiger partial charge in [-0.25, -0.2) is 4.57 Å². The van der Waals surface area contributed by atoms with Crippen molar-refractivity contribution >= 4 is 19.8 Å². The molecule has 0 aromatic heterocycles. The molecule has 2 atom stereocenters. The first-order chi connectivity index (χ1) is 42.8. The van der Waals surface area contributed by atoms with Gasteiger partial charge in [-0.05, 0) is 64.2 Å². The summed E-state index contributed by atoms with van der Waals surface area (Å²) in [6.07, 6.45) is 96.0. The van der Waals surface area contributed by atoms with E-state index in [-0.39, 0.29) is 38.6 Å². The van der Waals surface area contributed by atoms with Gasteiger partial charge in [0.2, 0.25) is 0 Å². The average Bonchev–Trinajstić information content (AvgIpc) is 3.63. The Balaban J connectivity index is 3.81. The van der Waals surface area contributed by atoms with Gasteiger partial charge in [-0.15, -0.1) is 0 Å². The van der Waals surface area contributed by atoms with Gasteiger partial charge in [-0.1, -0.05) is 369 Å². The van der Waals surface area contributed by atoms with Gasteiger partial charge < -0.3 is 20.1 Å². The molecule has 2 unspecified atom stereocenters. The van der Waals surface area contributed by atoms with Gasteiger partial charge in [-0.3, -0.25) is 18.6 Å². The van der Waals surface area contributed by atoms with Crippen molar-refractivity contribution in [3.8, 4) is 0 Å². The zero-order valence-corrected chi connectivity index (χ0v) is 58.2. The van der Waals surface area contributed by atoms with Crippen LogP contribution in [0.15, 0.2) is 72.9 Å². The minimum atomic E-state index is -4.40. The molecular formula is C77H142NO8P. The summed E-state index contributed by atoms with van der Waals surface area (Å²) in [4.78, 5) is 35.4. The Hall–Kier alpha value is -2.55. The second kappa shape index (κ2) is 72.5. The Bertz CT molecular complexity index is 1660. The van der Waals surface area contributed by atoms with Crippen molar-refractivity contribution in [2.45, 2.75) is 380 Å². The molecule has 508 valence electrons. The zero-order chi connectivity index (χ0) is 63.0. The number of phosphoric ester groups is 1. The van der Waals surface area contributed by atoms with Crippen LogP contribution in [0.2, 0.25) is 0 Å². The highest BCUT2D eigenvalue weighted by molar-refractivity contribution is 7.47. The summed E-state index contributed by atoms with van der Waals surface area (Å²) >= 11 is 0. The fraction of sp³-hybridized carbons (Fsp3) is 0.818. The highest BCUT2D eigenvalue weighted by Gasteiger charge is 2.26. The maximum absolute atomic E-state index is 12.8. The molecule has 0 aliphatic rings. The summed E-state index contributed by atoms with van der Waals surface area (Å²) in [5.74, 6) is -0.818. The molecule has 0 fully saturated rings. The van der Waals surface area contributed by atoms with Crippen molar-refractivity contribution in [3.05, 3.63) is 72.9 Å². The summed E-state index contributed by atoms with van der Waals surface area (Å²) in [5, 5.41) is 0. The molecule has 0 aromatic rings. The van der Waals surface area contributed by atoms with E-state index < -0.39 is 26.5 Å².